The Morgan fingerprint density at radius 1 is 1.29 bits per heavy atom. The highest BCUT2D eigenvalue weighted by molar-refractivity contribution is 4.89. The minimum Gasteiger partial charge on any atom is -0.303 e. The van der Waals surface area contributed by atoms with Gasteiger partial charge in [-0.3, -0.25) is 0 Å². The summed E-state index contributed by atoms with van der Waals surface area (Å²) in [6.45, 7) is 10.6. The molecular weight excluding hydrogens is 174 g/mol. The highest BCUT2D eigenvalue weighted by Gasteiger charge is 2.05. The minimum absolute atomic E-state index is 0.0376. The maximum Gasteiger partial charge on any atom is 0.0953 e. The van der Waals surface area contributed by atoms with Gasteiger partial charge in [0.25, 0.3) is 0 Å². The number of nitrogens with one attached hydrogen (secondary N) is 1. The van der Waals surface area contributed by atoms with Crippen LogP contribution in [0.15, 0.2) is 0 Å². The first kappa shape index (κ1) is 13.4. The van der Waals surface area contributed by atoms with Gasteiger partial charge in [0.2, 0.25) is 0 Å². The number of nitriles is 1. The van der Waals surface area contributed by atoms with Crippen molar-refractivity contribution >= 4 is 0 Å². The molecule has 0 fully saturated rings. The van der Waals surface area contributed by atoms with Crippen molar-refractivity contribution in [1.29, 1.82) is 5.26 Å². The van der Waals surface area contributed by atoms with Gasteiger partial charge in [0.15, 0.2) is 0 Å². The lowest BCUT2D eigenvalue weighted by atomic mass is 10.2. The largest absolute Gasteiger partial charge is 0.303 e. The normalized spacial score (nSPS) is 12.8. The Morgan fingerprint density at radius 3 is 2.36 bits per heavy atom. The van der Waals surface area contributed by atoms with E-state index in [1.165, 1.54) is 0 Å². The van der Waals surface area contributed by atoms with Crippen molar-refractivity contribution in [3.8, 4) is 6.07 Å². The van der Waals surface area contributed by atoms with Gasteiger partial charge in [0.1, 0.15) is 0 Å². The van der Waals surface area contributed by atoms with E-state index < -0.39 is 0 Å². The van der Waals surface area contributed by atoms with Crippen molar-refractivity contribution in [2.75, 3.05) is 26.2 Å². The summed E-state index contributed by atoms with van der Waals surface area (Å²) in [6.07, 6.45) is 2.02. The highest BCUT2D eigenvalue weighted by atomic mass is 15.1. The molecule has 82 valence electrons. The lowest BCUT2D eigenvalue weighted by molar-refractivity contribution is 0.299. The first-order valence-electron chi connectivity index (χ1n) is 5.63. The molecule has 3 nitrogen and oxygen atoms in total. The third-order valence-electron chi connectivity index (χ3n) is 2.45. The zero-order valence-corrected chi connectivity index (χ0v) is 9.71. The summed E-state index contributed by atoms with van der Waals surface area (Å²) < 4.78 is 0. The Labute approximate surface area is 88.1 Å². The van der Waals surface area contributed by atoms with Crippen LogP contribution in [-0.4, -0.2) is 37.1 Å². The number of likely N-dealkylation sites (N-methyl/N-ethyl adjacent to an activating group) is 1. The SMILES string of the molecule is CCCC(C#N)NCCN(CC)CC. The van der Waals surface area contributed by atoms with Crippen LogP contribution in [0.3, 0.4) is 0 Å². The van der Waals surface area contributed by atoms with Crippen LogP contribution < -0.4 is 5.32 Å². The Hall–Kier alpha value is -0.590. The second-order valence-corrected chi connectivity index (χ2v) is 3.45. The van der Waals surface area contributed by atoms with Crippen molar-refractivity contribution in [2.24, 2.45) is 0 Å². The van der Waals surface area contributed by atoms with Gasteiger partial charge in [-0.2, -0.15) is 5.26 Å². The topological polar surface area (TPSA) is 39.1 Å². The highest BCUT2D eigenvalue weighted by Crippen LogP contribution is 1.94. The van der Waals surface area contributed by atoms with Crippen molar-refractivity contribution in [3.63, 3.8) is 0 Å². The van der Waals surface area contributed by atoms with Crippen LogP contribution in [0.2, 0.25) is 0 Å². The molecule has 14 heavy (non-hydrogen) atoms. The monoisotopic (exact) mass is 197 g/mol. The summed E-state index contributed by atoms with van der Waals surface area (Å²) in [5.74, 6) is 0. The molecule has 0 radical (unpaired) electrons. The van der Waals surface area contributed by atoms with Gasteiger partial charge in [0.05, 0.1) is 12.1 Å². The lowest BCUT2D eigenvalue weighted by Gasteiger charge is -2.19. The smallest absolute Gasteiger partial charge is 0.0953 e. The van der Waals surface area contributed by atoms with Gasteiger partial charge in [-0.05, 0) is 19.5 Å². The summed E-state index contributed by atoms with van der Waals surface area (Å²) in [5, 5.41) is 12.1. The van der Waals surface area contributed by atoms with Crippen molar-refractivity contribution < 1.29 is 0 Å². The molecule has 3 heteroatoms. The second-order valence-electron chi connectivity index (χ2n) is 3.45. The zero-order valence-electron chi connectivity index (χ0n) is 9.71. The van der Waals surface area contributed by atoms with Crippen molar-refractivity contribution in [1.82, 2.24) is 10.2 Å². The molecule has 0 aliphatic heterocycles. The number of nitrogens with zero attached hydrogens (tertiary/aromatic N) is 2. The Balaban J connectivity index is 3.55. The average molecular weight is 197 g/mol. The van der Waals surface area contributed by atoms with E-state index in [9.17, 15) is 0 Å². The molecule has 0 aliphatic rings. The third kappa shape index (κ3) is 5.95. The number of hydrogen-bond acceptors (Lipinski definition) is 3. The van der Waals surface area contributed by atoms with E-state index in [4.69, 9.17) is 5.26 Å². The number of hydrogen-bond donors (Lipinski definition) is 1. The van der Waals surface area contributed by atoms with E-state index >= 15 is 0 Å². The fraction of sp³-hybridized carbons (Fsp3) is 0.909. The predicted octanol–water partition coefficient (Wildman–Crippen LogP) is 1.61. The van der Waals surface area contributed by atoms with E-state index in [0.29, 0.717) is 0 Å². The summed E-state index contributed by atoms with van der Waals surface area (Å²) in [7, 11) is 0. The number of rotatable bonds is 8. The lowest BCUT2D eigenvalue weighted by Crippen LogP contribution is -2.36. The Kier molecular flexibility index (Phi) is 8.61. The molecule has 0 heterocycles. The third-order valence-corrected chi connectivity index (χ3v) is 2.45. The summed E-state index contributed by atoms with van der Waals surface area (Å²) in [5.41, 5.74) is 0. The molecule has 0 aromatic carbocycles. The summed E-state index contributed by atoms with van der Waals surface area (Å²) >= 11 is 0. The molecule has 0 rings (SSSR count). The average Bonchev–Trinajstić information content (AvgIpc) is 2.23. The Bertz CT molecular complexity index is 158. The van der Waals surface area contributed by atoms with Crippen molar-refractivity contribution in [2.45, 2.75) is 39.7 Å². The first-order valence-corrected chi connectivity index (χ1v) is 5.63. The predicted molar refractivity (Wildman–Crippen MR) is 60.1 cm³/mol. The molecule has 0 aromatic rings. The van der Waals surface area contributed by atoms with Gasteiger partial charge in [0, 0.05) is 13.1 Å². The minimum atomic E-state index is 0.0376. The van der Waals surface area contributed by atoms with Gasteiger partial charge < -0.3 is 10.2 Å². The molecule has 0 spiro atoms. The second kappa shape index (κ2) is 8.98. The van der Waals surface area contributed by atoms with Gasteiger partial charge in [-0.15, -0.1) is 0 Å². The molecule has 1 unspecified atom stereocenters. The van der Waals surface area contributed by atoms with Crippen LogP contribution >= 0.6 is 0 Å². The van der Waals surface area contributed by atoms with Crippen molar-refractivity contribution in [3.05, 3.63) is 0 Å². The van der Waals surface area contributed by atoms with Crippen LogP contribution in [0.5, 0.6) is 0 Å². The van der Waals surface area contributed by atoms with Gasteiger partial charge >= 0.3 is 0 Å². The molecule has 0 saturated heterocycles. The van der Waals surface area contributed by atoms with Gasteiger partial charge in [-0.1, -0.05) is 27.2 Å². The standard InChI is InChI=1S/C11H23N3/c1-4-7-11(10-12)13-8-9-14(5-2)6-3/h11,13H,4-9H2,1-3H3. The van der Waals surface area contributed by atoms with Crippen LogP contribution in [0, 0.1) is 11.3 Å². The van der Waals surface area contributed by atoms with E-state index in [0.717, 1.165) is 39.0 Å². The van der Waals surface area contributed by atoms with Crippen LogP contribution in [0.4, 0.5) is 0 Å². The maximum atomic E-state index is 8.81. The maximum absolute atomic E-state index is 8.81. The zero-order chi connectivity index (χ0) is 10.8. The molecule has 1 N–H and O–H groups in total. The fourth-order valence-corrected chi connectivity index (χ4v) is 1.44. The van der Waals surface area contributed by atoms with E-state index in [-0.39, 0.29) is 6.04 Å². The molecule has 0 amide bonds. The van der Waals surface area contributed by atoms with E-state index in [1.54, 1.807) is 0 Å². The van der Waals surface area contributed by atoms with E-state index in [1.807, 2.05) is 0 Å². The fourth-order valence-electron chi connectivity index (χ4n) is 1.44. The molecule has 0 aliphatic carbocycles. The van der Waals surface area contributed by atoms with Crippen LogP contribution in [0.25, 0.3) is 0 Å². The molecule has 0 saturated carbocycles. The molecule has 1 atom stereocenters. The first-order chi connectivity index (χ1) is 6.78. The van der Waals surface area contributed by atoms with E-state index in [2.05, 4.69) is 37.1 Å². The molecule has 0 bridgehead atoms. The van der Waals surface area contributed by atoms with Crippen LogP contribution in [0.1, 0.15) is 33.6 Å². The summed E-state index contributed by atoms with van der Waals surface area (Å²) in [4.78, 5) is 2.35. The van der Waals surface area contributed by atoms with Crippen LogP contribution in [-0.2, 0) is 0 Å². The Morgan fingerprint density at radius 2 is 1.93 bits per heavy atom. The molecule has 0 aromatic heterocycles. The summed E-state index contributed by atoms with van der Waals surface area (Å²) in [6, 6.07) is 2.32. The van der Waals surface area contributed by atoms with Gasteiger partial charge in [-0.25, -0.2) is 0 Å². The quantitative estimate of drug-likeness (QED) is 0.642. The molecular formula is C11H23N3.